The molecule has 150 valence electrons. The summed E-state index contributed by atoms with van der Waals surface area (Å²) in [5, 5.41) is 9.65. The number of carbonyl (C=O) groups is 2. The summed E-state index contributed by atoms with van der Waals surface area (Å²) in [6.07, 6.45) is 2.71. The average Bonchev–Trinajstić information content (AvgIpc) is 3.50. The zero-order chi connectivity index (χ0) is 20.3. The van der Waals surface area contributed by atoms with E-state index in [9.17, 15) is 23.6 Å². The molecular weight excluding hydrogens is 372 g/mol. The molecule has 0 heterocycles. The van der Waals surface area contributed by atoms with Gasteiger partial charge in [0.25, 0.3) is 0 Å². The van der Waals surface area contributed by atoms with Crippen molar-refractivity contribution in [1.29, 1.82) is 5.26 Å². The van der Waals surface area contributed by atoms with Gasteiger partial charge in [0, 0.05) is 12.0 Å². The smallest absolute Gasteiger partial charge is 0.387 e. The van der Waals surface area contributed by atoms with Crippen LogP contribution in [0.25, 0.3) is 0 Å². The molecule has 0 aromatic heterocycles. The number of Topliss-reactive ketones (excluding diaryl/α,β-unsaturated/α-hetero) is 1. The van der Waals surface area contributed by atoms with Gasteiger partial charge in [-0.2, -0.15) is 14.0 Å². The second-order valence-corrected chi connectivity index (χ2v) is 7.06. The SMILES string of the molecule is COC(=O)C1(c2cccc(OCC3CC3)c2OC(F)F)C(=O)CCCC1C#N. The van der Waals surface area contributed by atoms with Gasteiger partial charge in [0.05, 0.1) is 25.7 Å². The molecule has 0 radical (unpaired) electrons. The highest BCUT2D eigenvalue weighted by Gasteiger charge is 2.58. The van der Waals surface area contributed by atoms with Gasteiger partial charge >= 0.3 is 12.6 Å². The molecule has 3 rings (SSSR count). The van der Waals surface area contributed by atoms with Gasteiger partial charge in [-0.25, -0.2) is 0 Å². The van der Waals surface area contributed by atoms with E-state index in [0.717, 1.165) is 20.0 Å². The van der Waals surface area contributed by atoms with E-state index in [2.05, 4.69) is 0 Å². The number of methoxy groups -OCH3 is 1. The van der Waals surface area contributed by atoms with Gasteiger partial charge in [0.2, 0.25) is 0 Å². The van der Waals surface area contributed by atoms with Gasteiger partial charge in [0.15, 0.2) is 22.7 Å². The number of benzene rings is 1. The van der Waals surface area contributed by atoms with Crippen LogP contribution in [-0.2, 0) is 19.7 Å². The van der Waals surface area contributed by atoms with Gasteiger partial charge in [-0.15, -0.1) is 0 Å². The van der Waals surface area contributed by atoms with Crippen LogP contribution in [0.1, 0.15) is 37.7 Å². The van der Waals surface area contributed by atoms with Gasteiger partial charge in [-0.1, -0.05) is 12.1 Å². The first kappa shape index (κ1) is 20.1. The number of halogens is 2. The summed E-state index contributed by atoms with van der Waals surface area (Å²) in [6, 6.07) is 6.29. The Labute approximate surface area is 161 Å². The Morgan fingerprint density at radius 3 is 2.71 bits per heavy atom. The van der Waals surface area contributed by atoms with Crippen LogP contribution in [0.4, 0.5) is 8.78 Å². The second kappa shape index (κ2) is 8.13. The summed E-state index contributed by atoms with van der Waals surface area (Å²) >= 11 is 0. The Kier molecular flexibility index (Phi) is 5.82. The summed E-state index contributed by atoms with van der Waals surface area (Å²) in [6.45, 7) is -2.87. The maximum Gasteiger partial charge on any atom is 0.387 e. The predicted octanol–water partition coefficient (Wildman–Crippen LogP) is 3.38. The van der Waals surface area contributed by atoms with Crippen molar-refractivity contribution in [1.82, 2.24) is 0 Å². The van der Waals surface area contributed by atoms with Crippen LogP contribution in [0.2, 0.25) is 0 Å². The fourth-order valence-corrected chi connectivity index (χ4v) is 3.74. The fraction of sp³-hybridized carbons (Fsp3) is 0.550. The topological polar surface area (TPSA) is 85.6 Å². The van der Waals surface area contributed by atoms with E-state index in [0.29, 0.717) is 18.9 Å². The highest BCUT2D eigenvalue weighted by atomic mass is 19.3. The highest BCUT2D eigenvalue weighted by molar-refractivity contribution is 6.11. The molecular formula is C20H21F2NO5. The van der Waals surface area contributed by atoms with Crippen molar-refractivity contribution in [2.75, 3.05) is 13.7 Å². The third-order valence-corrected chi connectivity index (χ3v) is 5.30. The molecule has 0 N–H and O–H groups in total. The molecule has 0 bridgehead atoms. The molecule has 2 saturated carbocycles. The number of alkyl halides is 2. The number of rotatable bonds is 7. The molecule has 2 aliphatic rings. The second-order valence-electron chi connectivity index (χ2n) is 7.06. The van der Waals surface area contributed by atoms with E-state index in [1.807, 2.05) is 6.07 Å². The lowest BCUT2D eigenvalue weighted by molar-refractivity contribution is -0.155. The number of nitrogens with zero attached hydrogens (tertiary/aromatic N) is 1. The summed E-state index contributed by atoms with van der Waals surface area (Å²) < 4.78 is 41.6. The van der Waals surface area contributed by atoms with Gasteiger partial charge in [-0.3, -0.25) is 9.59 Å². The van der Waals surface area contributed by atoms with E-state index < -0.39 is 29.7 Å². The Hall–Kier alpha value is -2.69. The molecule has 0 aliphatic heterocycles. The average molecular weight is 393 g/mol. The lowest BCUT2D eigenvalue weighted by Crippen LogP contribution is -2.52. The predicted molar refractivity (Wildman–Crippen MR) is 92.9 cm³/mol. The van der Waals surface area contributed by atoms with Crippen molar-refractivity contribution < 1.29 is 32.6 Å². The molecule has 2 unspecified atom stereocenters. The van der Waals surface area contributed by atoms with Crippen molar-refractivity contribution in [3.8, 4) is 17.6 Å². The van der Waals surface area contributed by atoms with Crippen molar-refractivity contribution in [2.24, 2.45) is 11.8 Å². The minimum atomic E-state index is -3.20. The molecule has 0 spiro atoms. The summed E-state index contributed by atoms with van der Waals surface area (Å²) in [5.74, 6) is -2.58. The van der Waals surface area contributed by atoms with Crippen LogP contribution in [0, 0.1) is 23.2 Å². The minimum absolute atomic E-state index is 0.0167. The molecule has 2 aliphatic carbocycles. The number of hydrogen-bond donors (Lipinski definition) is 0. The Morgan fingerprint density at radius 2 is 2.11 bits per heavy atom. The third kappa shape index (κ3) is 3.53. The maximum atomic E-state index is 13.2. The molecule has 0 amide bonds. The minimum Gasteiger partial charge on any atom is -0.489 e. The molecule has 1 aromatic carbocycles. The third-order valence-electron chi connectivity index (χ3n) is 5.30. The fourth-order valence-electron chi connectivity index (χ4n) is 3.74. The largest absolute Gasteiger partial charge is 0.489 e. The van der Waals surface area contributed by atoms with Crippen LogP contribution in [-0.4, -0.2) is 32.1 Å². The molecule has 8 heteroatoms. The Balaban J connectivity index is 2.18. The van der Waals surface area contributed by atoms with Gasteiger partial charge in [-0.05, 0) is 37.7 Å². The molecule has 2 atom stereocenters. The molecule has 28 heavy (non-hydrogen) atoms. The number of ether oxygens (including phenoxy) is 3. The van der Waals surface area contributed by atoms with E-state index in [1.165, 1.54) is 18.2 Å². The maximum absolute atomic E-state index is 13.2. The molecule has 2 fully saturated rings. The van der Waals surface area contributed by atoms with Crippen LogP contribution in [0.15, 0.2) is 18.2 Å². The number of nitriles is 1. The van der Waals surface area contributed by atoms with Crippen LogP contribution in [0.5, 0.6) is 11.5 Å². The van der Waals surface area contributed by atoms with Crippen LogP contribution in [0.3, 0.4) is 0 Å². The Morgan fingerprint density at radius 1 is 1.36 bits per heavy atom. The lowest BCUT2D eigenvalue weighted by atomic mass is 9.61. The van der Waals surface area contributed by atoms with Crippen molar-refractivity contribution in [3.05, 3.63) is 23.8 Å². The van der Waals surface area contributed by atoms with E-state index >= 15 is 0 Å². The number of esters is 1. The zero-order valence-electron chi connectivity index (χ0n) is 15.5. The van der Waals surface area contributed by atoms with Crippen molar-refractivity contribution in [3.63, 3.8) is 0 Å². The van der Waals surface area contributed by atoms with Crippen LogP contribution >= 0.6 is 0 Å². The first-order valence-electron chi connectivity index (χ1n) is 9.17. The molecule has 0 saturated heterocycles. The standard InChI is InChI=1S/C20H21F2NO5/c1-26-18(25)20(13(10-23)4-2-7-16(20)24)14-5-3-6-15(17(14)28-19(21)22)27-11-12-8-9-12/h3,5-6,12-13,19H,2,4,7-9,11H2,1H3. The van der Waals surface area contributed by atoms with E-state index in [4.69, 9.17) is 14.2 Å². The molecule has 1 aromatic rings. The zero-order valence-corrected chi connectivity index (χ0v) is 15.5. The van der Waals surface area contributed by atoms with Crippen LogP contribution < -0.4 is 9.47 Å². The normalized spacial score (nSPS) is 24.5. The number of ketones is 1. The van der Waals surface area contributed by atoms with Gasteiger partial charge < -0.3 is 14.2 Å². The monoisotopic (exact) mass is 393 g/mol. The quantitative estimate of drug-likeness (QED) is 0.521. The number of hydrogen-bond acceptors (Lipinski definition) is 6. The van der Waals surface area contributed by atoms with Crippen molar-refractivity contribution >= 4 is 11.8 Å². The summed E-state index contributed by atoms with van der Waals surface area (Å²) in [5.41, 5.74) is -2.13. The lowest BCUT2D eigenvalue weighted by Gasteiger charge is -2.38. The first-order chi connectivity index (χ1) is 13.4. The highest BCUT2D eigenvalue weighted by Crippen LogP contribution is 2.49. The summed E-state index contributed by atoms with van der Waals surface area (Å²) in [4.78, 5) is 25.8. The molecule has 6 nitrogen and oxygen atoms in total. The van der Waals surface area contributed by atoms with E-state index in [-0.39, 0.29) is 29.9 Å². The first-order valence-corrected chi connectivity index (χ1v) is 9.17. The Bertz CT molecular complexity index is 792. The summed E-state index contributed by atoms with van der Waals surface area (Å²) in [7, 11) is 1.10. The van der Waals surface area contributed by atoms with E-state index in [1.54, 1.807) is 0 Å². The number of para-hydroxylation sites is 1. The van der Waals surface area contributed by atoms with Crippen molar-refractivity contribution in [2.45, 2.75) is 44.1 Å². The number of carbonyl (C=O) groups excluding carboxylic acids is 2. The van der Waals surface area contributed by atoms with Gasteiger partial charge in [0.1, 0.15) is 0 Å².